The predicted octanol–water partition coefficient (Wildman–Crippen LogP) is 3.49. The van der Waals surface area contributed by atoms with Crippen molar-refractivity contribution in [3.8, 4) is 10.7 Å². The highest BCUT2D eigenvalue weighted by atomic mass is 32.1. The van der Waals surface area contributed by atoms with E-state index in [0.717, 1.165) is 29.5 Å². The number of nitrogens with one attached hydrogen (secondary N) is 1. The number of rotatable bonds is 5. The van der Waals surface area contributed by atoms with Gasteiger partial charge in [-0.3, -0.25) is 4.98 Å². The summed E-state index contributed by atoms with van der Waals surface area (Å²) >= 11 is 1.64. The maximum Gasteiger partial charge on any atom is 0.142 e. The zero-order chi connectivity index (χ0) is 13.6. The van der Waals surface area contributed by atoms with Gasteiger partial charge in [-0.1, -0.05) is 36.4 Å². The van der Waals surface area contributed by atoms with E-state index in [2.05, 4.69) is 44.9 Å². The van der Waals surface area contributed by atoms with Gasteiger partial charge in [0.2, 0.25) is 0 Å². The molecule has 0 aliphatic rings. The molecule has 100 valence electrons. The fourth-order valence-corrected chi connectivity index (χ4v) is 2.72. The van der Waals surface area contributed by atoms with Crippen LogP contribution in [0.1, 0.15) is 11.3 Å². The summed E-state index contributed by atoms with van der Waals surface area (Å²) in [7, 11) is 0. The summed E-state index contributed by atoms with van der Waals surface area (Å²) in [6.45, 7) is 1.63. The first-order chi connectivity index (χ1) is 9.92. The lowest BCUT2D eigenvalue weighted by atomic mass is 10.2. The van der Waals surface area contributed by atoms with E-state index in [4.69, 9.17) is 0 Å². The Balaban J connectivity index is 1.58. The number of thiazole rings is 1. The molecule has 4 heteroatoms. The lowest BCUT2D eigenvalue weighted by molar-refractivity contribution is 0.683. The van der Waals surface area contributed by atoms with Crippen LogP contribution in [0.3, 0.4) is 0 Å². The molecule has 0 aliphatic heterocycles. The Kier molecular flexibility index (Phi) is 4.16. The molecule has 2 heterocycles. The number of nitrogens with zero attached hydrogens (tertiary/aromatic N) is 2. The highest BCUT2D eigenvalue weighted by Gasteiger charge is 2.04. The molecule has 0 fully saturated rings. The molecule has 0 unspecified atom stereocenters. The fourth-order valence-electron chi connectivity index (χ4n) is 1.93. The molecule has 0 bridgehead atoms. The van der Waals surface area contributed by atoms with Gasteiger partial charge in [-0.15, -0.1) is 11.3 Å². The molecule has 0 amide bonds. The van der Waals surface area contributed by atoms with Gasteiger partial charge in [0.05, 0.1) is 11.4 Å². The molecule has 3 nitrogen and oxygen atoms in total. The predicted molar refractivity (Wildman–Crippen MR) is 82.3 cm³/mol. The van der Waals surface area contributed by atoms with Crippen LogP contribution >= 0.6 is 11.3 Å². The second kappa shape index (κ2) is 6.41. The van der Waals surface area contributed by atoms with Gasteiger partial charge in [-0.25, -0.2) is 4.98 Å². The first kappa shape index (κ1) is 13.0. The number of hydrogen-bond donors (Lipinski definition) is 1. The van der Waals surface area contributed by atoms with Crippen LogP contribution in [0.4, 0.5) is 0 Å². The molecule has 0 radical (unpaired) electrons. The maximum absolute atomic E-state index is 4.61. The van der Waals surface area contributed by atoms with Crippen molar-refractivity contribution in [3.63, 3.8) is 0 Å². The molecule has 3 aromatic rings. The molecule has 20 heavy (non-hydrogen) atoms. The second-order valence-electron chi connectivity index (χ2n) is 4.45. The molecule has 0 saturated heterocycles. The summed E-state index contributed by atoms with van der Waals surface area (Å²) in [6.07, 6.45) is 1.80. The van der Waals surface area contributed by atoms with Gasteiger partial charge in [0.1, 0.15) is 5.01 Å². The largest absolute Gasteiger partial charge is 0.307 e. The molecule has 2 aromatic heterocycles. The third-order valence-electron chi connectivity index (χ3n) is 2.91. The molecular formula is C16H15N3S. The molecule has 1 aromatic carbocycles. The number of hydrogen-bond acceptors (Lipinski definition) is 4. The Hall–Kier alpha value is -2.04. The van der Waals surface area contributed by atoms with Crippen molar-refractivity contribution >= 4 is 11.3 Å². The van der Waals surface area contributed by atoms with Crippen molar-refractivity contribution in [2.75, 3.05) is 0 Å². The van der Waals surface area contributed by atoms with Crippen molar-refractivity contribution in [1.82, 2.24) is 15.3 Å². The topological polar surface area (TPSA) is 37.8 Å². The monoisotopic (exact) mass is 281 g/mol. The summed E-state index contributed by atoms with van der Waals surface area (Å²) in [5.74, 6) is 0. The molecule has 1 N–H and O–H groups in total. The van der Waals surface area contributed by atoms with E-state index in [1.54, 1.807) is 17.5 Å². The number of pyridine rings is 1. The van der Waals surface area contributed by atoms with Crippen LogP contribution in [0.25, 0.3) is 10.7 Å². The summed E-state index contributed by atoms with van der Waals surface area (Å²) < 4.78 is 0. The summed E-state index contributed by atoms with van der Waals surface area (Å²) in [5.41, 5.74) is 3.28. The van der Waals surface area contributed by atoms with E-state index in [1.165, 1.54) is 5.56 Å². The van der Waals surface area contributed by atoms with Crippen LogP contribution in [0.15, 0.2) is 60.1 Å². The van der Waals surface area contributed by atoms with Crippen LogP contribution in [0.5, 0.6) is 0 Å². The third-order valence-corrected chi connectivity index (χ3v) is 3.83. The van der Waals surface area contributed by atoms with Gasteiger partial charge in [-0.2, -0.15) is 0 Å². The zero-order valence-corrected chi connectivity index (χ0v) is 11.8. The zero-order valence-electron chi connectivity index (χ0n) is 11.0. The molecule has 0 spiro atoms. The Morgan fingerprint density at radius 1 is 0.950 bits per heavy atom. The third kappa shape index (κ3) is 3.29. The normalized spacial score (nSPS) is 10.6. The first-order valence-electron chi connectivity index (χ1n) is 6.52. The van der Waals surface area contributed by atoms with Crippen molar-refractivity contribution in [3.05, 3.63) is 71.4 Å². The maximum atomic E-state index is 4.61. The molecule has 0 atom stereocenters. The second-order valence-corrected chi connectivity index (χ2v) is 5.31. The van der Waals surface area contributed by atoms with Crippen molar-refractivity contribution < 1.29 is 0 Å². The van der Waals surface area contributed by atoms with Crippen molar-refractivity contribution in [2.45, 2.75) is 13.1 Å². The smallest absolute Gasteiger partial charge is 0.142 e. The minimum atomic E-state index is 0.776. The Bertz CT molecular complexity index is 650. The van der Waals surface area contributed by atoms with Gasteiger partial charge >= 0.3 is 0 Å². The Morgan fingerprint density at radius 3 is 2.60 bits per heavy atom. The van der Waals surface area contributed by atoms with Gasteiger partial charge < -0.3 is 5.32 Å². The molecule has 3 rings (SSSR count). The van der Waals surface area contributed by atoms with E-state index in [0.29, 0.717) is 0 Å². The minimum absolute atomic E-state index is 0.776. The van der Waals surface area contributed by atoms with Gasteiger partial charge in [0.25, 0.3) is 0 Å². The average Bonchev–Trinajstić information content (AvgIpc) is 2.98. The van der Waals surface area contributed by atoms with Crippen LogP contribution < -0.4 is 5.32 Å². The lowest BCUT2D eigenvalue weighted by Crippen LogP contribution is -2.12. The average molecular weight is 281 g/mol. The summed E-state index contributed by atoms with van der Waals surface area (Å²) in [6, 6.07) is 16.3. The number of aromatic nitrogens is 2. The SMILES string of the molecule is c1ccc(CNCc2csc(-c3ccccn3)n2)cc1. The Labute approximate surface area is 122 Å². The van der Waals surface area contributed by atoms with Crippen LogP contribution in [0, 0.1) is 0 Å². The van der Waals surface area contributed by atoms with E-state index in [9.17, 15) is 0 Å². The highest BCUT2D eigenvalue weighted by Crippen LogP contribution is 2.21. The number of benzene rings is 1. The van der Waals surface area contributed by atoms with Gasteiger partial charge in [0.15, 0.2) is 0 Å². The van der Waals surface area contributed by atoms with Gasteiger partial charge in [-0.05, 0) is 17.7 Å². The van der Waals surface area contributed by atoms with E-state index < -0.39 is 0 Å². The quantitative estimate of drug-likeness (QED) is 0.778. The highest BCUT2D eigenvalue weighted by molar-refractivity contribution is 7.13. The van der Waals surface area contributed by atoms with Crippen molar-refractivity contribution in [2.24, 2.45) is 0 Å². The minimum Gasteiger partial charge on any atom is -0.307 e. The standard InChI is InChI=1S/C16H15N3S/c1-2-6-13(7-3-1)10-17-11-14-12-20-16(19-14)15-8-4-5-9-18-15/h1-9,12,17H,10-11H2. The lowest BCUT2D eigenvalue weighted by Gasteiger charge is -2.02. The van der Waals surface area contributed by atoms with Crippen molar-refractivity contribution in [1.29, 1.82) is 0 Å². The van der Waals surface area contributed by atoms with Crippen LogP contribution in [-0.2, 0) is 13.1 Å². The molecular weight excluding hydrogens is 266 g/mol. The first-order valence-corrected chi connectivity index (χ1v) is 7.40. The van der Waals surface area contributed by atoms with E-state index >= 15 is 0 Å². The van der Waals surface area contributed by atoms with Gasteiger partial charge in [0, 0.05) is 24.7 Å². The fraction of sp³-hybridized carbons (Fsp3) is 0.125. The summed E-state index contributed by atoms with van der Waals surface area (Å²) in [5, 5.41) is 6.47. The van der Waals surface area contributed by atoms with E-state index in [1.807, 2.05) is 24.3 Å². The molecule has 0 aliphatic carbocycles. The van der Waals surface area contributed by atoms with E-state index in [-0.39, 0.29) is 0 Å². The Morgan fingerprint density at radius 2 is 1.80 bits per heavy atom. The van der Waals surface area contributed by atoms with Crippen LogP contribution in [-0.4, -0.2) is 9.97 Å². The van der Waals surface area contributed by atoms with Crippen LogP contribution in [0.2, 0.25) is 0 Å². The molecule has 0 saturated carbocycles. The summed E-state index contributed by atoms with van der Waals surface area (Å²) in [4.78, 5) is 8.92.